The monoisotopic (exact) mass is 164 g/mol. The van der Waals surface area contributed by atoms with Gasteiger partial charge in [-0.2, -0.15) is 0 Å². The van der Waals surface area contributed by atoms with Gasteiger partial charge in [0, 0.05) is 13.0 Å². The summed E-state index contributed by atoms with van der Waals surface area (Å²) in [6.07, 6.45) is 3.54. The molecule has 0 aromatic carbocycles. The SMILES string of the molecule is CS(=O)(=O)NCCC[C]=O. The van der Waals surface area contributed by atoms with E-state index < -0.39 is 10.0 Å². The lowest BCUT2D eigenvalue weighted by atomic mass is 10.3. The second kappa shape index (κ2) is 4.40. The van der Waals surface area contributed by atoms with Crippen LogP contribution in [0.1, 0.15) is 12.8 Å². The van der Waals surface area contributed by atoms with E-state index in [0.29, 0.717) is 13.0 Å². The van der Waals surface area contributed by atoms with Crippen LogP contribution in [0.25, 0.3) is 0 Å². The molecular formula is C5H10NO3S. The number of hydrogen-bond acceptors (Lipinski definition) is 3. The number of carbonyl (C=O) groups excluding carboxylic acids is 1. The number of rotatable bonds is 5. The molecule has 1 radical (unpaired) electrons. The standard InChI is InChI=1S/C5H10NO3S/c1-10(8,9)6-4-2-3-5-7/h6H,2-4H2,1H3. The van der Waals surface area contributed by atoms with E-state index in [9.17, 15) is 13.2 Å². The van der Waals surface area contributed by atoms with Crippen LogP contribution in [0.15, 0.2) is 0 Å². The molecule has 0 fully saturated rings. The Bertz CT molecular complexity index is 185. The van der Waals surface area contributed by atoms with Gasteiger partial charge in [0.15, 0.2) is 6.29 Å². The molecule has 0 saturated carbocycles. The molecule has 0 aliphatic carbocycles. The van der Waals surface area contributed by atoms with Crippen molar-refractivity contribution in [3.8, 4) is 0 Å². The Kier molecular flexibility index (Phi) is 4.22. The third-order valence-electron chi connectivity index (χ3n) is 0.820. The zero-order chi connectivity index (χ0) is 8.04. The molecule has 10 heavy (non-hydrogen) atoms. The van der Waals surface area contributed by atoms with Crippen molar-refractivity contribution in [3.05, 3.63) is 0 Å². The average molecular weight is 164 g/mol. The first-order chi connectivity index (χ1) is 4.56. The predicted octanol–water partition coefficient (Wildman–Crippen LogP) is -0.575. The van der Waals surface area contributed by atoms with Crippen LogP contribution in [0.5, 0.6) is 0 Å². The lowest BCUT2D eigenvalue weighted by molar-refractivity contribution is 0.546. The summed E-state index contributed by atoms with van der Waals surface area (Å²) in [5.41, 5.74) is 0. The smallest absolute Gasteiger partial charge is 0.208 e. The van der Waals surface area contributed by atoms with Gasteiger partial charge in [-0.25, -0.2) is 13.1 Å². The quantitative estimate of drug-likeness (QED) is 0.553. The third kappa shape index (κ3) is 7.58. The topological polar surface area (TPSA) is 63.2 Å². The number of hydrogen-bond donors (Lipinski definition) is 1. The van der Waals surface area contributed by atoms with Crippen molar-refractivity contribution in [3.63, 3.8) is 0 Å². The van der Waals surface area contributed by atoms with E-state index in [4.69, 9.17) is 0 Å². The Balaban J connectivity index is 3.29. The van der Waals surface area contributed by atoms with Crippen molar-refractivity contribution >= 4 is 16.3 Å². The zero-order valence-corrected chi connectivity index (χ0v) is 6.57. The normalized spacial score (nSPS) is 11.3. The minimum atomic E-state index is -3.08. The molecule has 0 rings (SSSR count). The zero-order valence-electron chi connectivity index (χ0n) is 5.75. The van der Waals surface area contributed by atoms with Crippen LogP contribution < -0.4 is 4.72 Å². The Morgan fingerprint density at radius 3 is 2.50 bits per heavy atom. The lowest BCUT2D eigenvalue weighted by Crippen LogP contribution is -2.22. The molecule has 0 aromatic heterocycles. The molecule has 0 spiro atoms. The van der Waals surface area contributed by atoms with Gasteiger partial charge in [-0.1, -0.05) is 0 Å². The van der Waals surface area contributed by atoms with Gasteiger partial charge in [0.25, 0.3) is 0 Å². The number of sulfonamides is 1. The van der Waals surface area contributed by atoms with E-state index in [0.717, 1.165) is 6.26 Å². The van der Waals surface area contributed by atoms with E-state index in [2.05, 4.69) is 4.72 Å². The molecule has 0 saturated heterocycles. The van der Waals surface area contributed by atoms with E-state index >= 15 is 0 Å². The Hall–Kier alpha value is -0.420. The molecule has 4 nitrogen and oxygen atoms in total. The minimum Gasteiger partial charge on any atom is -0.291 e. The fourth-order valence-corrected chi connectivity index (χ4v) is 0.933. The van der Waals surface area contributed by atoms with E-state index in [1.807, 2.05) is 0 Å². The minimum absolute atomic E-state index is 0.280. The van der Waals surface area contributed by atoms with Gasteiger partial charge in [-0.05, 0) is 6.42 Å². The molecule has 1 N–H and O–H groups in total. The van der Waals surface area contributed by atoms with Gasteiger partial charge >= 0.3 is 0 Å². The van der Waals surface area contributed by atoms with Gasteiger partial charge in [0.1, 0.15) is 0 Å². The van der Waals surface area contributed by atoms with E-state index in [1.54, 1.807) is 6.29 Å². The molecule has 0 amide bonds. The summed E-state index contributed by atoms with van der Waals surface area (Å²) in [7, 11) is -3.08. The van der Waals surface area contributed by atoms with Crippen LogP contribution in [0.4, 0.5) is 0 Å². The highest BCUT2D eigenvalue weighted by Gasteiger charge is 1.97. The van der Waals surface area contributed by atoms with Gasteiger partial charge in [-0.3, -0.25) is 4.79 Å². The first-order valence-electron chi connectivity index (χ1n) is 2.86. The van der Waals surface area contributed by atoms with Gasteiger partial charge in [0.05, 0.1) is 6.26 Å². The Morgan fingerprint density at radius 2 is 2.10 bits per heavy atom. The first kappa shape index (κ1) is 9.58. The van der Waals surface area contributed by atoms with E-state index in [1.165, 1.54) is 0 Å². The maximum atomic E-state index is 10.4. The van der Waals surface area contributed by atoms with Crippen LogP contribution >= 0.6 is 0 Å². The Labute approximate surface area is 60.7 Å². The maximum absolute atomic E-state index is 10.4. The largest absolute Gasteiger partial charge is 0.291 e. The fraction of sp³-hybridized carbons (Fsp3) is 0.800. The summed E-state index contributed by atoms with van der Waals surface area (Å²) < 4.78 is 23.0. The highest BCUT2D eigenvalue weighted by Crippen LogP contribution is 1.82. The predicted molar refractivity (Wildman–Crippen MR) is 37.8 cm³/mol. The molecule has 0 bridgehead atoms. The molecule has 0 unspecified atom stereocenters. The highest BCUT2D eigenvalue weighted by molar-refractivity contribution is 7.88. The fourth-order valence-electron chi connectivity index (χ4n) is 0.418. The van der Waals surface area contributed by atoms with Crippen LogP contribution in [-0.4, -0.2) is 27.5 Å². The molecule has 0 aliphatic rings. The van der Waals surface area contributed by atoms with Crippen LogP contribution in [0.2, 0.25) is 0 Å². The van der Waals surface area contributed by atoms with Crippen molar-refractivity contribution < 1.29 is 13.2 Å². The summed E-state index contributed by atoms with van der Waals surface area (Å²) in [6.45, 7) is 0.314. The van der Waals surface area contributed by atoms with E-state index in [-0.39, 0.29) is 6.42 Å². The highest BCUT2D eigenvalue weighted by atomic mass is 32.2. The average Bonchev–Trinajstić information content (AvgIpc) is 1.78. The third-order valence-corrected chi connectivity index (χ3v) is 1.55. The Morgan fingerprint density at radius 1 is 1.50 bits per heavy atom. The molecule has 0 aromatic rings. The molecular weight excluding hydrogens is 154 g/mol. The van der Waals surface area contributed by atoms with Crippen molar-refractivity contribution in [2.75, 3.05) is 12.8 Å². The van der Waals surface area contributed by atoms with Gasteiger partial charge < -0.3 is 0 Å². The molecule has 59 valence electrons. The summed E-state index contributed by atoms with van der Waals surface area (Å²) in [4.78, 5) is 9.63. The van der Waals surface area contributed by atoms with Crippen LogP contribution in [0, 0.1) is 0 Å². The second-order valence-electron chi connectivity index (χ2n) is 1.91. The van der Waals surface area contributed by atoms with Gasteiger partial charge in [0.2, 0.25) is 10.0 Å². The molecule has 5 heteroatoms. The summed E-state index contributed by atoms with van der Waals surface area (Å²) in [5.74, 6) is 0. The van der Waals surface area contributed by atoms with Crippen LogP contribution in [0.3, 0.4) is 0 Å². The molecule has 0 atom stereocenters. The molecule has 0 heterocycles. The van der Waals surface area contributed by atoms with Crippen molar-refractivity contribution in [2.45, 2.75) is 12.8 Å². The number of unbranched alkanes of at least 4 members (excludes halogenated alkanes) is 1. The lowest BCUT2D eigenvalue weighted by Gasteiger charge is -1.97. The van der Waals surface area contributed by atoms with Gasteiger partial charge in [-0.15, -0.1) is 0 Å². The second-order valence-corrected chi connectivity index (χ2v) is 3.75. The summed E-state index contributed by atoms with van der Waals surface area (Å²) >= 11 is 0. The number of nitrogens with one attached hydrogen (secondary N) is 1. The van der Waals surface area contributed by atoms with Crippen molar-refractivity contribution in [1.82, 2.24) is 4.72 Å². The first-order valence-corrected chi connectivity index (χ1v) is 4.75. The summed E-state index contributed by atoms with van der Waals surface area (Å²) in [6, 6.07) is 0. The van der Waals surface area contributed by atoms with Crippen molar-refractivity contribution in [1.29, 1.82) is 0 Å². The van der Waals surface area contributed by atoms with Crippen LogP contribution in [-0.2, 0) is 14.8 Å². The maximum Gasteiger partial charge on any atom is 0.208 e. The molecule has 0 aliphatic heterocycles. The van der Waals surface area contributed by atoms with Crippen molar-refractivity contribution in [2.24, 2.45) is 0 Å². The summed E-state index contributed by atoms with van der Waals surface area (Å²) in [5, 5.41) is 0.